The summed E-state index contributed by atoms with van der Waals surface area (Å²) in [5.74, 6) is 1.79. The van der Waals surface area contributed by atoms with Gasteiger partial charge in [0.25, 0.3) is 0 Å². The van der Waals surface area contributed by atoms with Crippen molar-refractivity contribution in [2.75, 3.05) is 11.4 Å². The fourth-order valence-corrected chi connectivity index (χ4v) is 2.74. The van der Waals surface area contributed by atoms with E-state index in [2.05, 4.69) is 30.7 Å². The lowest BCUT2D eigenvalue weighted by Crippen LogP contribution is -2.30. The molecule has 0 saturated carbocycles. The summed E-state index contributed by atoms with van der Waals surface area (Å²) in [6.45, 7) is 7.75. The monoisotopic (exact) mass is 241 g/mol. The summed E-state index contributed by atoms with van der Waals surface area (Å²) in [6, 6.07) is 8.65. The Hall–Kier alpha value is -1.64. The number of fused-ring (bicyclic) bond motifs is 1. The van der Waals surface area contributed by atoms with Gasteiger partial charge in [0.05, 0.1) is 16.7 Å². The Kier molecular flexibility index (Phi) is 2.69. The minimum atomic E-state index is 0.555. The van der Waals surface area contributed by atoms with E-state index < -0.39 is 0 Å². The average Bonchev–Trinajstić information content (AvgIpc) is 2.69. The molecule has 0 N–H and O–H groups in total. The molecule has 94 valence electrons. The van der Waals surface area contributed by atoms with E-state index in [0.717, 1.165) is 35.0 Å². The van der Waals surface area contributed by atoms with Gasteiger partial charge in [-0.25, -0.2) is 9.97 Å². The summed E-state index contributed by atoms with van der Waals surface area (Å²) in [4.78, 5) is 11.9. The van der Waals surface area contributed by atoms with Crippen molar-refractivity contribution in [1.29, 1.82) is 0 Å². The Morgan fingerprint density at radius 3 is 2.39 bits per heavy atom. The number of benzene rings is 1. The van der Waals surface area contributed by atoms with Crippen molar-refractivity contribution in [3.63, 3.8) is 0 Å². The number of rotatable bonds is 1. The van der Waals surface area contributed by atoms with Crippen LogP contribution in [0.4, 0.5) is 5.82 Å². The zero-order valence-electron chi connectivity index (χ0n) is 11.2. The van der Waals surface area contributed by atoms with E-state index in [-0.39, 0.29) is 0 Å². The number of hydrogen-bond donors (Lipinski definition) is 0. The van der Waals surface area contributed by atoms with Crippen molar-refractivity contribution < 1.29 is 0 Å². The third-order valence-corrected chi connectivity index (χ3v) is 4.13. The van der Waals surface area contributed by atoms with Crippen molar-refractivity contribution >= 4 is 16.9 Å². The van der Waals surface area contributed by atoms with E-state index in [9.17, 15) is 0 Å². The molecule has 0 aliphatic carbocycles. The normalized spacial score (nSPS) is 23.8. The minimum absolute atomic E-state index is 0.555. The van der Waals surface area contributed by atoms with Crippen LogP contribution in [-0.4, -0.2) is 22.6 Å². The molecule has 0 spiro atoms. The maximum atomic E-state index is 4.81. The third-order valence-electron chi connectivity index (χ3n) is 4.13. The molecule has 18 heavy (non-hydrogen) atoms. The highest BCUT2D eigenvalue weighted by molar-refractivity contribution is 5.76. The molecule has 2 atom stereocenters. The van der Waals surface area contributed by atoms with Crippen molar-refractivity contribution in [3.05, 3.63) is 30.0 Å². The van der Waals surface area contributed by atoms with Crippen LogP contribution < -0.4 is 4.90 Å². The number of anilines is 1. The van der Waals surface area contributed by atoms with Crippen LogP contribution in [0.5, 0.6) is 0 Å². The Morgan fingerprint density at radius 1 is 1.11 bits per heavy atom. The van der Waals surface area contributed by atoms with Crippen molar-refractivity contribution in [3.8, 4) is 0 Å². The second kappa shape index (κ2) is 4.23. The maximum absolute atomic E-state index is 4.81. The van der Waals surface area contributed by atoms with Crippen LogP contribution in [0.25, 0.3) is 11.0 Å². The molecule has 1 aromatic carbocycles. The zero-order valence-corrected chi connectivity index (χ0v) is 11.2. The standard InChI is InChI=1S/C15H19N3/c1-10-8-9-18(12(10)3)15-11(2)16-13-6-4-5-7-14(13)17-15/h4-7,10,12H,8-9H2,1-3H3. The van der Waals surface area contributed by atoms with Gasteiger partial charge in [0.1, 0.15) is 0 Å². The Labute approximate surface area is 108 Å². The molecule has 0 radical (unpaired) electrons. The quantitative estimate of drug-likeness (QED) is 0.768. The van der Waals surface area contributed by atoms with E-state index in [0.29, 0.717) is 6.04 Å². The van der Waals surface area contributed by atoms with Crippen LogP contribution in [0, 0.1) is 12.8 Å². The maximum Gasteiger partial charge on any atom is 0.151 e. The molecule has 3 nitrogen and oxygen atoms in total. The van der Waals surface area contributed by atoms with Crippen LogP contribution in [0.2, 0.25) is 0 Å². The largest absolute Gasteiger partial charge is 0.352 e. The lowest BCUT2D eigenvalue weighted by atomic mass is 10.1. The van der Waals surface area contributed by atoms with Gasteiger partial charge in [-0.3, -0.25) is 0 Å². The lowest BCUT2D eigenvalue weighted by Gasteiger charge is -2.25. The second-order valence-corrected chi connectivity index (χ2v) is 5.32. The van der Waals surface area contributed by atoms with Crippen molar-refractivity contribution in [2.24, 2.45) is 5.92 Å². The van der Waals surface area contributed by atoms with Crippen LogP contribution in [0.1, 0.15) is 26.0 Å². The van der Waals surface area contributed by atoms with Crippen molar-refractivity contribution in [1.82, 2.24) is 9.97 Å². The zero-order chi connectivity index (χ0) is 12.7. The number of para-hydroxylation sites is 2. The van der Waals surface area contributed by atoms with E-state index in [1.165, 1.54) is 6.42 Å². The fraction of sp³-hybridized carbons (Fsp3) is 0.467. The van der Waals surface area contributed by atoms with Gasteiger partial charge in [-0.05, 0) is 38.3 Å². The van der Waals surface area contributed by atoms with Crippen LogP contribution in [-0.2, 0) is 0 Å². The molecular formula is C15H19N3. The Bertz CT molecular complexity index is 579. The highest BCUT2D eigenvalue weighted by Gasteiger charge is 2.29. The third kappa shape index (κ3) is 1.74. The van der Waals surface area contributed by atoms with E-state index in [4.69, 9.17) is 4.98 Å². The van der Waals surface area contributed by atoms with Gasteiger partial charge in [0, 0.05) is 12.6 Å². The molecule has 1 saturated heterocycles. The first kappa shape index (κ1) is 11.5. The molecule has 1 aliphatic rings. The number of hydrogen-bond acceptors (Lipinski definition) is 3. The summed E-state index contributed by atoms with van der Waals surface area (Å²) in [6.07, 6.45) is 1.25. The predicted octanol–water partition coefficient (Wildman–Crippen LogP) is 3.17. The molecule has 2 heterocycles. The molecule has 3 rings (SSSR count). The van der Waals surface area contributed by atoms with E-state index >= 15 is 0 Å². The smallest absolute Gasteiger partial charge is 0.151 e. The molecule has 3 heteroatoms. The first-order valence-corrected chi connectivity index (χ1v) is 6.67. The van der Waals surface area contributed by atoms with Gasteiger partial charge in [0.2, 0.25) is 0 Å². The van der Waals surface area contributed by atoms with Gasteiger partial charge in [-0.1, -0.05) is 19.1 Å². The fourth-order valence-electron chi connectivity index (χ4n) is 2.74. The van der Waals surface area contributed by atoms with Gasteiger partial charge in [-0.15, -0.1) is 0 Å². The van der Waals surface area contributed by atoms with E-state index in [1.54, 1.807) is 0 Å². The lowest BCUT2D eigenvalue weighted by molar-refractivity contribution is 0.544. The Balaban J connectivity index is 2.09. The summed E-state index contributed by atoms with van der Waals surface area (Å²) in [5.41, 5.74) is 3.01. The van der Waals surface area contributed by atoms with E-state index in [1.807, 2.05) is 24.3 Å². The summed E-state index contributed by atoms with van der Waals surface area (Å²) < 4.78 is 0. The predicted molar refractivity (Wildman–Crippen MR) is 74.9 cm³/mol. The molecule has 2 aromatic rings. The van der Waals surface area contributed by atoms with Crippen LogP contribution >= 0.6 is 0 Å². The molecular weight excluding hydrogens is 222 g/mol. The van der Waals surface area contributed by atoms with Crippen molar-refractivity contribution in [2.45, 2.75) is 33.2 Å². The number of aromatic nitrogens is 2. The van der Waals surface area contributed by atoms with Gasteiger partial charge in [-0.2, -0.15) is 0 Å². The first-order valence-electron chi connectivity index (χ1n) is 6.67. The molecule has 1 aliphatic heterocycles. The number of aryl methyl sites for hydroxylation is 1. The average molecular weight is 241 g/mol. The first-order chi connectivity index (χ1) is 8.66. The van der Waals surface area contributed by atoms with Crippen LogP contribution in [0.3, 0.4) is 0 Å². The highest BCUT2D eigenvalue weighted by Crippen LogP contribution is 2.30. The number of nitrogens with zero attached hydrogens (tertiary/aromatic N) is 3. The highest BCUT2D eigenvalue weighted by atomic mass is 15.2. The van der Waals surface area contributed by atoms with Gasteiger partial charge in [0.15, 0.2) is 5.82 Å². The minimum Gasteiger partial charge on any atom is -0.352 e. The summed E-state index contributed by atoms with van der Waals surface area (Å²) in [5, 5.41) is 0. The topological polar surface area (TPSA) is 29.0 Å². The molecule has 0 bridgehead atoms. The SMILES string of the molecule is Cc1nc2ccccc2nc1N1CCC(C)C1C. The van der Waals surface area contributed by atoms with Gasteiger partial charge >= 0.3 is 0 Å². The molecule has 2 unspecified atom stereocenters. The molecule has 0 amide bonds. The summed E-state index contributed by atoms with van der Waals surface area (Å²) >= 11 is 0. The molecule has 1 fully saturated rings. The van der Waals surface area contributed by atoms with Gasteiger partial charge < -0.3 is 4.90 Å². The Morgan fingerprint density at radius 2 is 1.78 bits per heavy atom. The second-order valence-electron chi connectivity index (χ2n) is 5.32. The van der Waals surface area contributed by atoms with Crippen LogP contribution in [0.15, 0.2) is 24.3 Å². The summed E-state index contributed by atoms with van der Waals surface area (Å²) in [7, 11) is 0. The molecule has 1 aromatic heterocycles.